The minimum Gasteiger partial charge on any atom is -0.226 e. The summed E-state index contributed by atoms with van der Waals surface area (Å²) in [6.45, 7) is 2.88. The largest absolute Gasteiger partial charge is 0.457 e. The van der Waals surface area contributed by atoms with E-state index in [9.17, 15) is 13.2 Å². The molecule has 1 N–H and O–H groups in total. The molecule has 0 saturated carbocycles. The van der Waals surface area contributed by atoms with Gasteiger partial charge in [-0.1, -0.05) is 0 Å². The molecule has 0 bridgehead atoms. The lowest BCUT2D eigenvalue weighted by molar-refractivity contribution is -0.161. The number of nitrogens with one attached hydrogen (secondary N) is 1. The van der Waals surface area contributed by atoms with Crippen molar-refractivity contribution in [2.75, 3.05) is 0 Å². The van der Waals surface area contributed by atoms with Crippen LogP contribution in [0.4, 0.5) is 13.2 Å². The van der Waals surface area contributed by atoms with Crippen molar-refractivity contribution in [1.82, 2.24) is 5.32 Å². The normalized spacial score (nSPS) is 12.8. The molecule has 0 radical (unpaired) electrons. The topological polar surface area (TPSA) is 12.0 Å². The fourth-order valence-electron chi connectivity index (χ4n) is 0.327. The van der Waals surface area contributed by atoms with E-state index in [1.807, 2.05) is 0 Å². The lowest BCUT2D eigenvalue weighted by Crippen LogP contribution is -2.36. The van der Waals surface area contributed by atoms with Crippen LogP contribution in [0.3, 0.4) is 0 Å². The summed E-state index contributed by atoms with van der Waals surface area (Å²) >= 11 is 0. The van der Waals surface area contributed by atoms with Crippen molar-refractivity contribution in [3.05, 3.63) is 0 Å². The van der Waals surface area contributed by atoms with Crippen LogP contribution in [0.5, 0.6) is 0 Å². The predicted octanol–water partition coefficient (Wildman–Crippen LogP) is 1.50. The summed E-state index contributed by atoms with van der Waals surface area (Å²) in [5.41, 5.74) is 0. The van der Waals surface area contributed by atoms with E-state index in [4.69, 9.17) is 0 Å². The third-order valence-corrected chi connectivity index (χ3v) is 0.452. The average Bonchev–Trinajstić information content (AvgIpc) is 1.21. The van der Waals surface area contributed by atoms with Crippen LogP contribution in [0, 0.1) is 0 Å². The van der Waals surface area contributed by atoms with E-state index in [-0.39, 0.29) is 0 Å². The Labute approximate surface area is 45.9 Å². The molecule has 0 spiro atoms. The van der Waals surface area contributed by atoms with E-state index in [2.05, 4.69) is 0 Å². The Hall–Kier alpha value is -0.250. The third kappa shape index (κ3) is 5.75. The fraction of sp³-hybridized carbons (Fsp3) is 1.00. The van der Waals surface area contributed by atoms with Crippen LogP contribution in [0.15, 0.2) is 0 Å². The molecule has 0 aliphatic carbocycles. The Balaban J connectivity index is 3.39. The summed E-state index contributed by atoms with van der Waals surface area (Å²) in [7, 11) is 0. The van der Waals surface area contributed by atoms with Crippen molar-refractivity contribution in [1.29, 1.82) is 0 Å². The maximum Gasteiger partial charge on any atom is 0.457 e. The first-order chi connectivity index (χ1) is 3.42. The molecule has 4 heteroatoms. The molecule has 0 aliphatic heterocycles. The Morgan fingerprint density at radius 3 is 1.62 bits per heavy atom. The highest BCUT2D eigenvalue weighted by Crippen LogP contribution is 2.09. The highest BCUT2D eigenvalue weighted by Gasteiger charge is 2.27. The molecule has 0 heterocycles. The van der Waals surface area contributed by atoms with Crippen LogP contribution in [-0.2, 0) is 0 Å². The van der Waals surface area contributed by atoms with E-state index >= 15 is 0 Å². The summed E-state index contributed by atoms with van der Waals surface area (Å²) in [6.07, 6.45) is -4.23. The molecule has 8 heavy (non-hydrogen) atoms. The van der Waals surface area contributed by atoms with Gasteiger partial charge in [-0.15, -0.1) is 0 Å². The van der Waals surface area contributed by atoms with Crippen LogP contribution in [0.1, 0.15) is 13.8 Å². The van der Waals surface area contributed by atoms with Crippen molar-refractivity contribution in [2.24, 2.45) is 0 Å². The van der Waals surface area contributed by atoms with Gasteiger partial charge in [-0.05, 0) is 13.8 Å². The summed E-state index contributed by atoms with van der Waals surface area (Å²) in [5, 5.41) is 1.38. The molecule has 1 nitrogen and oxygen atoms in total. The molecule has 0 amide bonds. The number of halogens is 3. The van der Waals surface area contributed by atoms with Crippen LogP contribution in [0.2, 0.25) is 0 Å². The number of rotatable bonds is 1. The van der Waals surface area contributed by atoms with Gasteiger partial charge in [0.2, 0.25) is 0 Å². The molecule has 0 aliphatic rings. The molecule has 0 aromatic heterocycles. The first-order valence-corrected chi connectivity index (χ1v) is 2.26. The fourth-order valence-corrected chi connectivity index (χ4v) is 0.327. The van der Waals surface area contributed by atoms with Crippen molar-refractivity contribution in [3.63, 3.8) is 0 Å². The summed E-state index contributed by atoms with van der Waals surface area (Å²) in [4.78, 5) is 0. The number of alkyl halides is 3. The van der Waals surface area contributed by atoms with Gasteiger partial charge in [0.05, 0.1) is 0 Å². The SMILES string of the molecule is CC(C)NC(F)(F)F. The van der Waals surface area contributed by atoms with Crippen molar-refractivity contribution in [2.45, 2.75) is 26.2 Å². The van der Waals surface area contributed by atoms with Gasteiger partial charge in [-0.3, -0.25) is 0 Å². The molecule has 0 aromatic rings. The second kappa shape index (κ2) is 2.35. The minimum atomic E-state index is -4.23. The standard InChI is InChI=1S/C4H8F3N/c1-3(2)8-4(5,6)7/h3,8H,1-2H3. The monoisotopic (exact) mass is 127 g/mol. The molecule has 0 rings (SSSR count). The average molecular weight is 127 g/mol. The number of hydrogen-bond donors (Lipinski definition) is 1. The van der Waals surface area contributed by atoms with Crippen molar-refractivity contribution in [3.8, 4) is 0 Å². The van der Waals surface area contributed by atoms with E-state index in [1.54, 1.807) is 0 Å². The predicted molar refractivity (Wildman–Crippen MR) is 24.3 cm³/mol. The first-order valence-electron chi connectivity index (χ1n) is 2.26. The van der Waals surface area contributed by atoms with Gasteiger partial charge in [0, 0.05) is 6.04 Å². The summed E-state index contributed by atoms with van der Waals surface area (Å²) in [5.74, 6) is 0. The molecular formula is C4H8F3N. The van der Waals surface area contributed by atoms with Gasteiger partial charge in [-0.2, -0.15) is 13.2 Å². The molecule has 50 valence electrons. The van der Waals surface area contributed by atoms with Crippen LogP contribution < -0.4 is 5.32 Å². The maximum atomic E-state index is 11.2. The molecule has 0 saturated heterocycles. The third-order valence-electron chi connectivity index (χ3n) is 0.452. The summed E-state index contributed by atoms with van der Waals surface area (Å²) < 4.78 is 33.6. The quantitative estimate of drug-likeness (QED) is 0.526. The van der Waals surface area contributed by atoms with Crippen LogP contribution in [0.25, 0.3) is 0 Å². The van der Waals surface area contributed by atoms with E-state index in [0.717, 1.165) is 0 Å². The Morgan fingerprint density at radius 1 is 1.25 bits per heavy atom. The van der Waals surface area contributed by atoms with Crippen molar-refractivity contribution >= 4 is 0 Å². The smallest absolute Gasteiger partial charge is 0.226 e. The van der Waals surface area contributed by atoms with Gasteiger partial charge in [0.25, 0.3) is 0 Å². The van der Waals surface area contributed by atoms with Crippen molar-refractivity contribution < 1.29 is 13.2 Å². The highest BCUT2D eigenvalue weighted by molar-refractivity contribution is 4.52. The van der Waals surface area contributed by atoms with E-state index < -0.39 is 12.3 Å². The maximum absolute atomic E-state index is 11.2. The zero-order valence-corrected chi connectivity index (χ0v) is 4.71. The van der Waals surface area contributed by atoms with Gasteiger partial charge < -0.3 is 0 Å². The Bertz CT molecular complexity index is 66.2. The van der Waals surface area contributed by atoms with Gasteiger partial charge in [0.15, 0.2) is 0 Å². The zero-order chi connectivity index (χ0) is 6.78. The Morgan fingerprint density at radius 2 is 1.62 bits per heavy atom. The minimum absolute atomic E-state index is 0.532. The Kier molecular flexibility index (Phi) is 2.27. The lowest BCUT2D eigenvalue weighted by Gasteiger charge is -2.10. The number of hydrogen-bond acceptors (Lipinski definition) is 1. The van der Waals surface area contributed by atoms with Gasteiger partial charge in [-0.25, -0.2) is 5.32 Å². The van der Waals surface area contributed by atoms with E-state index in [1.165, 1.54) is 19.2 Å². The molecular weight excluding hydrogens is 119 g/mol. The first kappa shape index (κ1) is 7.75. The van der Waals surface area contributed by atoms with Gasteiger partial charge >= 0.3 is 6.30 Å². The van der Waals surface area contributed by atoms with Gasteiger partial charge in [0.1, 0.15) is 0 Å². The molecule has 0 aromatic carbocycles. The van der Waals surface area contributed by atoms with Crippen LogP contribution in [-0.4, -0.2) is 12.3 Å². The highest BCUT2D eigenvalue weighted by atomic mass is 19.4. The second-order valence-corrected chi connectivity index (χ2v) is 1.80. The second-order valence-electron chi connectivity index (χ2n) is 1.80. The summed E-state index contributed by atoms with van der Waals surface area (Å²) in [6, 6.07) is -0.532. The molecule has 0 unspecified atom stereocenters. The lowest BCUT2D eigenvalue weighted by atomic mass is 10.4. The molecule has 0 atom stereocenters. The molecule has 0 fully saturated rings. The van der Waals surface area contributed by atoms with E-state index in [0.29, 0.717) is 0 Å². The zero-order valence-electron chi connectivity index (χ0n) is 4.71. The van der Waals surface area contributed by atoms with Crippen LogP contribution >= 0.6 is 0 Å².